The Bertz CT molecular complexity index is 577. The van der Waals surface area contributed by atoms with E-state index in [2.05, 4.69) is 28.9 Å². The molecule has 2 aromatic rings. The van der Waals surface area contributed by atoms with Crippen molar-refractivity contribution in [2.24, 2.45) is 0 Å². The van der Waals surface area contributed by atoms with Gasteiger partial charge in [-0.1, -0.05) is 25.1 Å². The smallest absolute Gasteiger partial charge is 0.123 e. The van der Waals surface area contributed by atoms with Crippen molar-refractivity contribution in [2.45, 2.75) is 32.2 Å². The molecule has 1 fully saturated rings. The molecule has 0 bridgehead atoms. The van der Waals surface area contributed by atoms with Gasteiger partial charge in [0.15, 0.2) is 0 Å². The van der Waals surface area contributed by atoms with Crippen LogP contribution in [0.2, 0.25) is 0 Å². The molecule has 2 heterocycles. The fourth-order valence-corrected chi connectivity index (χ4v) is 2.97. The van der Waals surface area contributed by atoms with Gasteiger partial charge in [0.05, 0.1) is 5.69 Å². The van der Waals surface area contributed by atoms with Gasteiger partial charge in [0.2, 0.25) is 0 Å². The minimum atomic E-state index is -0.159. The van der Waals surface area contributed by atoms with Crippen LogP contribution in [0.15, 0.2) is 42.6 Å². The summed E-state index contributed by atoms with van der Waals surface area (Å²) in [5, 5.41) is 0. The van der Waals surface area contributed by atoms with Crippen LogP contribution in [0.25, 0.3) is 0 Å². The van der Waals surface area contributed by atoms with Crippen LogP contribution in [-0.4, -0.2) is 23.0 Å². The van der Waals surface area contributed by atoms with Crippen molar-refractivity contribution in [1.29, 1.82) is 0 Å². The van der Waals surface area contributed by atoms with E-state index < -0.39 is 0 Å². The quantitative estimate of drug-likeness (QED) is 0.849. The molecule has 3 rings (SSSR count). The number of aromatic nitrogens is 1. The summed E-state index contributed by atoms with van der Waals surface area (Å²) in [6.07, 6.45) is 4.14. The van der Waals surface area contributed by atoms with Gasteiger partial charge in [-0.2, -0.15) is 0 Å². The fraction of sp³-hybridized carbons (Fsp3) is 0.389. The monoisotopic (exact) mass is 284 g/mol. The lowest BCUT2D eigenvalue weighted by Gasteiger charge is -2.16. The Hall–Kier alpha value is -1.74. The zero-order valence-electron chi connectivity index (χ0n) is 12.4. The lowest BCUT2D eigenvalue weighted by Crippen LogP contribution is -2.20. The molecule has 0 saturated carbocycles. The van der Waals surface area contributed by atoms with Crippen molar-refractivity contribution in [2.75, 3.05) is 13.1 Å². The Morgan fingerprint density at radius 3 is 2.67 bits per heavy atom. The minimum absolute atomic E-state index is 0.159. The van der Waals surface area contributed by atoms with Gasteiger partial charge in [-0.15, -0.1) is 0 Å². The van der Waals surface area contributed by atoms with E-state index in [1.54, 1.807) is 12.1 Å². The molecule has 0 N–H and O–H groups in total. The summed E-state index contributed by atoms with van der Waals surface area (Å²) in [4.78, 5) is 6.96. The number of hydrogen-bond acceptors (Lipinski definition) is 2. The first-order valence-corrected chi connectivity index (χ1v) is 7.66. The number of aryl methyl sites for hydroxylation is 1. The van der Waals surface area contributed by atoms with E-state index in [4.69, 9.17) is 0 Å². The number of halogens is 1. The molecule has 1 saturated heterocycles. The van der Waals surface area contributed by atoms with Crippen LogP contribution >= 0.6 is 0 Å². The second-order valence-electron chi connectivity index (χ2n) is 5.78. The summed E-state index contributed by atoms with van der Waals surface area (Å²) < 4.78 is 13.0. The van der Waals surface area contributed by atoms with Crippen molar-refractivity contribution in [3.63, 3.8) is 0 Å². The predicted molar refractivity (Wildman–Crippen MR) is 82.7 cm³/mol. The van der Waals surface area contributed by atoms with Crippen LogP contribution < -0.4 is 0 Å². The number of hydrogen-bond donors (Lipinski definition) is 0. The molecule has 1 aromatic heterocycles. The van der Waals surface area contributed by atoms with Crippen LogP contribution in [0, 0.1) is 5.82 Å². The maximum absolute atomic E-state index is 13.0. The molecule has 3 heteroatoms. The third-order valence-electron chi connectivity index (χ3n) is 4.29. The van der Waals surface area contributed by atoms with Gasteiger partial charge in [0, 0.05) is 19.3 Å². The molecule has 1 aliphatic rings. The molecule has 21 heavy (non-hydrogen) atoms. The number of pyridine rings is 1. The zero-order valence-corrected chi connectivity index (χ0v) is 12.4. The van der Waals surface area contributed by atoms with Gasteiger partial charge in [-0.25, -0.2) is 4.39 Å². The van der Waals surface area contributed by atoms with Crippen molar-refractivity contribution in [3.05, 3.63) is 65.2 Å². The van der Waals surface area contributed by atoms with Crippen LogP contribution in [0.3, 0.4) is 0 Å². The summed E-state index contributed by atoms with van der Waals surface area (Å²) in [6, 6.07) is 11.2. The number of nitrogens with zero attached hydrogens (tertiary/aromatic N) is 2. The van der Waals surface area contributed by atoms with Crippen molar-refractivity contribution in [3.8, 4) is 0 Å². The molecule has 1 unspecified atom stereocenters. The number of likely N-dealkylation sites (tertiary alicyclic amines) is 1. The normalized spacial score (nSPS) is 19.0. The topological polar surface area (TPSA) is 16.1 Å². The molecule has 110 valence electrons. The largest absolute Gasteiger partial charge is 0.297 e. The fourth-order valence-electron chi connectivity index (χ4n) is 2.97. The molecule has 0 radical (unpaired) electrons. The third-order valence-corrected chi connectivity index (χ3v) is 4.29. The average Bonchev–Trinajstić information content (AvgIpc) is 2.97. The highest BCUT2D eigenvalue weighted by atomic mass is 19.1. The molecular formula is C18H21FN2. The van der Waals surface area contributed by atoms with E-state index in [0.717, 1.165) is 38.2 Å². The molecule has 0 amide bonds. The lowest BCUT2D eigenvalue weighted by molar-refractivity contribution is 0.322. The van der Waals surface area contributed by atoms with Gasteiger partial charge in [-0.05, 0) is 54.6 Å². The Morgan fingerprint density at radius 2 is 2.00 bits per heavy atom. The zero-order chi connectivity index (χ0) is 14.7. The molecule has 0 spiro atoms. The highest BCUT2D eigenvalue weighted by Crippen LogP contribution is 2.28. The van der Waals surface area contributed by atoms with Crippen molar-refractivity contribution in [1.82, 2.24) is 9.88 Å². The Labute approximate surface area is 125 Å². The molecule has 2 nitrogen and oxygen atoms in total. The molecule has 1 aliphatic heterocycles. The summed E-state index contributed by atoms with van der Waals surface area (Å²) in [5.74, 6) is 0.356. The van der Waals surface area contributed by atoms with Crippen LogP contribution in [0.4, 0.5) is 4.39 Å². The average molecular weight is 284 g/mol. The maximum atomic E-state index is 13.0. The third kappa shape index (κ3) is 3.48. The van der Waals surface area contributed by atoms with Crippen molar-refractivity contribution < 1.29 is 4.39 Å². The van der Waals surface area contributed by atoms with E-state index in [-0.39, 0.29) is 5.82 Å². The molecule has 0 aliphatic carbocycles. The molecule has 1 aromatic carbocycles. The summed E-state index contributed by atoms with van der Waals surface area (Å²) >= 11 is 0. The highest BCUT2D eigenvalue weighted by molar-refractivity contribution is 5.22. The molecular weight excluding hydrogens is 263 g/mol. The van der Waals surface area contributed by atoms with Gasteiger partial charge < -0.3 is 0 Å². The second kappa shape index (κ2) is 6.35. The SMILES string of the molecule is CCc1ccc(CN2CCC(c3ccc(F)cc3)C2)nc1. The summed E-state index contributed by atoms with van der Waals surface area (Å²) in [6.45, 7) is 5.16. The summed E-state index contributed by atoms with van der Waals surface area (Å²) in [7, 11) is 0. The van der Waals surface area contributed by atoms with E-state index in [9.17, 15) is 4.39 Å². The first-order valence-electron chi connectivity index (χ1n) is 7.66. The first kappa shape index (κ1) is 14.2. The Morgan fingerprint density at radius 1 is 1.19 bits per heavy atom. The van der Waals surface area contributed by atoms with Crippen LogP contribution in [0.5, 0.6) is 0 Å². The van der Waals surface area contributed by atoms with E-state index in [1.165, 1.54) is 11.1 Å². The van der Waals surface area contributed by atoms with Crippen molar-refractivity contribution >= 4 is 0 Å². The lowest BCUT2D eigenvalue weighted by atomic mass is 9.99. The second-order valence-corrected chi connectivity index (χ2v) is 5.78. The molecule has 1 atom stereocenters. The minimum Gasteiger partial charge on any atom is -0.297 e. The van der Waals surface area contributed by atoms with E-state index in [1.807, 2.05) is 18.3 Å². The van der Waals surface area contributed by atoms with Gasteiger partial charge in [-0.3, -0.25) is 9.88 Å². The van der Waals surface area contributed by atoms with Gasteiger partial charge >= 0.3 is 0 Å². The predicted octanol–water partition coefficient (Wildman–Crippen LogP) is 3.77. The van der Waals surface area contributed by atoms with E-state index in [0.29, 0.717) is 5.92 Å². The van der Waals surface area contributed by atoms with E-state index >= 15 is 0 Å². The first-order chi connectivity index (χ1) is 10.2. The Balaban J connectivity index is 1.60. The summed E-state index contributed by atoms with van der Waals surface area (Å²) in [5.41, 5.74) is 3.66. The van der Waals surface area contributed by atoms with Crippen LogP contribution in [0.1, 0.15) is 36.1 Å². The van der Waals surface area contributed by atoms with Crippen LogP contribution in [-0.2, 0) is 13.0 Å². The standard InChI is InChI=1S/C18H21FN2/c1-2-14-3-8-18(20-11-14)13-21-10-9-16(12-21)15-4-6-17(19)7-5-15/h3-8,11,16H,2,9-10,12-13H2,1H3. The number of rotatable bonds is 4. The van der Waals surface area contributed by atoms with Gasteiger partial charge in [0.1, 0.15) is 5.82 Å². The maximum Gasteiger partial charge on any atom is 0.123 e. The number of benzene rings is 1. The van der Waals surface area contributed by atoms with Gasteiger partial charge in [0.25, 0.3) is 0 Å². The highest BCUT2D eigenvalue weighted by Gasteiger charge is 2.23. The Kier molecular flexibility index (Phi) is 4.30.